The molecular weight excluding hydrogens is 200 g/mol. The van der Waals surface area contributed by atoms with E-state index in [0.717, 1.165) is 11.1 Å². The molecule has 0 bridgehead atoms. The molecule has 2 rings (SSSR count). The summed E-state index contributed by atoms with van der Waals surface area (Å²) >= 11 is 0. The van der Waals surface area contributed by atoms with Crippen molar-refractivity contribution in [3.05, 3.63) is 41.5 Å². The van der Waals surface area contributed by atoms with E-state index in [1.165, 1.54) is 0 Å². The highest BCUT2D eigenvalue weighted by molar-refractivity contribution is 5.96. The maximum Gasteiger partial charge on any atom is 0.335 e. The molecule has 16 heavy (non-hydrogen) atoms. The van der Waals surface area contributed by atoms with E-state index in [-0.39, 0.29) is 11.9 Å². The molecule has 1 fully saturated rings. The summed E-state index contributed by atoms with van der Waals surface area (Å²) in [6.07, 6.45) is 1.92. The predicted molar refractivity (Wildman–Crippen MR) is 63.8 cm³/mol. The second-order valence-electron chi connectivity index (χ2n) is 4.73. The Hall–Kier alpha value is -1.57. The summed E-state index contributed by atoms with van der Waals surface area (Å²) in [5.74, 6) is -0.0680. The zero-order valence-electron chi connectivity index (χ0n) is 9.86. The zero-order valence-corrected chi connectivity index (χ0v) is 9.86. The molecule has 1 aromatic carbocycles. The second-order valence-corrected chi connectivity index (χ2v) is 4.73. The third-order valence-electron chi connectivity index (χ3n) is 3.22. The molecule has 0 aromatic heterocycles. The van der Waals surface area contributed by atoms with Crippen LogP contribution in [-0.2, 0) is 9.53 Å². The topological polar surface area (TPSA) is 26.3 Å². The summed E-state index contributed by atoms with van der Waals surface area (Å²) in [4.78, 5) is 11.7. The minimum atomic E-state index is -0.391. The van der Waals surface area contributed by atoms with Crippen molar-refractivity contribution >= 4 is 12.0 Å². The molecule has 0 N–H and O–H groups in total. The monoisotopic (exact) mass is 216 g/mol. The first-order chi connectivity index (χ1) is 7.50. The summed E-state index contributed by atoms with van der Waals surface area (Å²) in [7, 11) is 0. The van der Waals surface area contributed by atoms with Gasteiger partial charge in [0.2, 0.25) is 0 Å². The summed E-state index contributed by atoms with van der Waals surface area (Å²) in [6.45, 7) is 5.92. The van der Waals surface area contributed by atoms with E-state index in [9.17, 15) is 4.79 Å². The van der Waals surface area contributed by atoms with Crippen LogP contribution in [0.4, 0.5) is 0 Å². The molecule has 1 aliphatic heterocycles. The van der Waals surface area contributed by atoms with Crippen LogP contribution >= 0.6 is 0 Å². The molecule has 1 saturated heterocycles. The minimum Gasteiger partial charge on any atom is -0.456 e. The maximum absolute atomic E-state index is 11.7. The third-order valence-corrected chi connectivity index (χ3v) is 3.22. The van der Waals surface area contributed by atoms with E-state index in [1.54, 1.807) is 0 Å². The Morgan fingerprint density at radius 1 is 1.25 bits per heavy atom. The van der Waals surface area contributed by atoms with Gasteiger partial charge in [0.15, 0.2) is 0 Å². The van der Waals surface area contributed by atoms with Crippen LogP contribution in [0.25, 0.3) is 6.08 Å². The van der Waals surface area contributed by atoms with Gasteiger partial charge < -0.3 is 4.74 Å². The summed E-state index contributed by atoms with van der Waals surface area (Å²) in [5, 5.41) is 0. The highest BCUT2D eigenvalue weighted by atomic mass is 16.6. The largest absolute Gasteiger partial charge is 0.456 e. The van der Waals surface area contributed by atoms with Gasteiger partial charge in [-0.1, -0.05) is 37.3 Å². The van der Waals surface area contributed by atoms with Crippen LogP contribution in [0.1, 0.15) is 26.3 Å². The van der Waals surface area contributed by atoms with Crippen LogP contribution in [0.15, 0.2) is 35.9 Å². The van der Waals surface area contributed by atoms with Gasteiger partial charge in [-0.25, -0.2) is 4.79 Å². The van der Waals surface area contributed by atoms with Crippen LogP contribution in [0.5, 0.6) is 0 Å². The molecule has 1 heterocycles. The smallest absolute Gasteiger partial charge is 0.335 e. The van der Waals surface area contributed by atoms with Gasteiger partial charge in [-0.2, -0.15) is 0 Å². The van der Waals surface area contributed by atoms with Crippen molar-refractivity contribution in [3.63, 3.8) is 0 Å². The van der Waals surface area contributed by atoms with Gasteiger partial charge in [-0.3, -0.25) is 0 Å². The van der Waals surface area contributed by atoms with Crippen molar-refractivity contribution in [1.82, 2.24) is 0 Å². The number of esters is 1. The number of hydrogen-bond acceptors (Lipinski definition) is 2. The molecule has 0 amide bonds. The molecule has 0 spiro atoms. The lowest BCUT2D eigenvalue weighted by Crippen LogP contribution is -2.25. The second kappa shape index (κ2) is 3.78. The Morgan fingerprint density at radius 2 is 1.88 bits per heavy atom. The standard InChI is InChI=1S/C14H16O2/c1-10-12(13(15)16-14(10,2)3)9-11-7-5-4-6-8-11/h4-10H,1-3H3/b12-9-. The van der Waals surface area contributed by atoms with Crippen LogP contribution in [0.3, 0.4) is 0 Å². The Labute approximate surface area is 95.9 Å². The maximum atomic E-state index is 11.7. The molecule has 1 atom stereocenters. The molecular formula is C14H16O2. The molecule has 0 radical (unpaired) electrons. The van der Waals surface area contributed by atoms with Gasteiger partial charge in [0.1, 0.15) is 5.60 Å². The first kappa shape index (κ1) is 10.9. The van der Waals surface area contributed by atoms with Crippen molar-refractivity contribution in [2.75, 3.05) is 0 Å². The van der Waals surface area contributed by atoms with E-state index in [4.69, 9.17) is 4.74 Å². The van der Waals surface area contributed by atoms with E-state index in [1.807, 2.05) is 57.2 Å². The zero-order chi connectivity index (χ0) is 11.8. The number of carbonyl (C=O) groups is 1. The van der Waals surface area contributed by atoms with E-state index in [0.29, 0.717) is 0 Å². The lowest BCUT2D eigenvalue weighted by molar-refractivity contribution is -0.144. The Bertz CT molecular complexity index is 429. The van der Waals surface area contributed by atoms with Crippen molar-refractivity contribution in [2.45, 2.75) is 26.4 Å². The van der Waals surface area contributed by atoms with Crippen LogP contribution in [-0.4, -0.2) is 11.6 Å². The molecule has 2 heteroatoms. The quantitative estimate of drug-likeness (QED) is 0.532. The number of hydrogen-bond donors (Lipinski definition) is 0. The predicted octanol–water partition coefficient (Wildman–Crippen LogP) is 3.04. The highest BCUT2D eigenvalue weighted by Gasteiger charge is 2.42. The van der Waals surface area contributed by atoms with Gasteiger partial charge in [-0.15, -0.1) is 0 Å². The average Bonchev–Trinajstić information content (AvgIpc) is 2.42. The first-order valence-corrected chi connectivity index (χ1v) is 5.51. The van der Waals surface area contributed by atoms with Gasteiger partial charge >= 0.3 is 5.97 Å². The minimum absolute atomic E-state index is 0.125. The van der Waals surface area contributed by atoms with Crippen molar-refractivity contribution in [1.29, 1.82) is 0 Å². The number of ether oxygens (including phenoxy) is 1. The van der Waals surface area contributed by atoms with Crippen molar-refractivity contribution < 1.29 is 9.53 Å². The van der Waals surface area contributed by atoms with Crippen LogP contribution < -0.4 is 0 Å². The Balaban J connectivity index is 2.35. The average molecular weight is 216 g/mol. The molecule has 0 saturated carbocycles. The van der Waals surface area contributed by atoms with E-state index < -0.39 is 5.60 Å². The lowest BCUT2D eigenvalue weighted by Gasteiger charge is -2.20. The van der Waals surface area contributed by atoms with Gasteiger partial charge in [0.05, 0.1) is 0 Å². The number of cyclic esters (lactones) is 1. The molecule has 84 valence electrons. The molecule has 0 aliphatic carbocycles. The summed E-state index contributed by atoms with van der Waals surface area (Å²) in [5.41, 5.74) is 1.41. The molecule has 2 nitrogen and oxygen atoms in total. The van der Waals surface area contributed by atoms with E-state index >= 15 is 0 Å². The van der Waals surface area contributed by atoms with Crippen molar-refractivity contribution in [2.24, 2.45) is 5.92 Å². The Morgan fingerprint density at radius 3 is 2.38 bits per heavy atom. The first-order valence-electron chi connectivity index (χ1n) is 5.51. The van der Waals surface area contributed by atoms with Gasteiger partial charge in [-0.05, 0) is 25.5 Å². The van der Waals surface area contributed by atoms with E-state index in [2.05, 4.69) is 0 Å². The summed E-state index contributed by atoms with van der Waals surface area (Å²) in [6, 6.07) is 9.85. The molecule has 1 unspecified atom stereocenters. The number of carbonyl (C=O) groups excluding carboxylic acids is 1. The van der Waals surface area contributed by atoms with Crippen LogP contribution in [0, 0.1) is 5.92 Å². The third kappa shape index (κ3) is 1.87. The lowest BCUT2D eigenvalue weighted by atomic mass is 9.88. The highest BCUT2D eigenvalue weighted by Crippen LogP contribution is 2.36. The van der Waals surface area contributed by atoms with Crippen molar-refractivity contribution in [3.8, 4) is 0 Å². The molecule has 1 aliphatic rings. The molecule has 1 aromatic rings. The fourth-order valence-corrected chi connectivity index (χ4v) is 1.85. The Kier molecular flexibility index (Phi) is 2.58. The number of benzene rings is 1. The SMILES string of the molecule is CC1/C(=C/c2ccccc2)C(=O)OC1(C)C. The normalized spacial score (nSPS) is 25.8. The fourth-order valence-electron chi connectivity index (χ4n) is 1.85. The number of rotatable bonds is 1. The van der Waals surface area contributed by atoms with Gasteiger partial charge in [0, 0.05) is 11.5 Å². The fraction of sp³-hybridized carbons (Fsp3) is 0.357. The summed E-state index contributed by atoms with van der Waals surface area (Å²) < 4.78 is 5.34. The van der Waals surface area contributed by atoms with Gasteiger partial charge in [0.25, 0.3) is 0 Å². The van der Waals surface area contributed by atoms with Crippen LogP contribution in [0.2, 0.25) is 0 Å².